The van der Waals surface area contributed by atoms with Crippen molar-refractivity contribution in [1.29, 1.82) is 0 Å². The molecule has 0 atom stereocenters. The van der Waals surface area contributed by atoms with Gasteiger partial charge in [0.2, 0.25) is 0 Å². The van der Waals surface area contributed by atoms with E-state index in [0.717, 1.165) is 18.8 Å². The van der Waals surface area contributed by atoms with Crippen LogP contribution in [-0.4, -0.2) is 19.0 Å². The molecule has 112 valence electrons. The molecule has 0 aliphatic rings. The minimum absolute atomic E-state index is 0.0582. The Hall–Kier alpha value is -2.01. The molecule has 2 rings (SSSR count). The highest BCUT2D eigenvalue weighted by Crippen LogP contribution is 2.26. The predicted molar refractivity (Wildman–Crippen MR) is 89.9 cm³/mol. The van der Waals surface area contributed by atoms with Gasteiger partial charge in [0.1, 0.15) is 0 Å². The zero-order chi connectivity index (χ0) is 15.2. The van der Waals surface area contributed by atoms with E-state index in [0.29, 0.717) is 17.8 Å². The van der Waals surface area contributed by atoms with Gasteiger partial charge < -0.3 is 16.0 Å². The van der Waals surface area contributed by atoms with Crippen LogP contribution in [-0.2, 0) is 6.54 Å². The number of nitrogens with two attached hydrogens (primary N) is 1. The van der Waals surface area contributed by atoms with E-state index in [9.17, 15) is 4.79 Å². The number of hydrogen-bond donors (Lipinski definition) is 2. The maximum atomic E-state index is 12.2. The highest BCUT2D eigenvalue weighted by atomic mass is 32.1. The number of thiophene rings is 1. The summed E-state index contributed by atoms with van der Waals surface area (Å²) < 4.78 is 0. The lowest BCUT2D eigenvalue weighted by Gasteiger charge is -2.25. The Morgan fingerprint density at radius 1 is 1.33 bits per heavy atom. The largest absolute Gasteiger partial charge is 0.399 e. The third-order valence-corrected chi connectivity index (χ3v) is 4.11. The molecule has 2 aromatic rings. The first-order valence-corrected chi connectivity index (χ1v) is 7.98. The Kier molecular flexibility index (Phi) is 5.22. The first-order valence-electron chi connectivity index (χ1n) is 7.10. The first-order chi connectivity index (χ1) is 10.2. The van der Waals surface area contributed by atoms with Crippen LogP contribution in [0.2, 0.25) is 0 Å². The second-order valence-electron chi connectivity index (χ2n) is 4.73. The number of anilines is 2. The van der Waals surface area contributed by atoms with Gasteiger partial charge in [-0.1, -0.05) is 6.07 Å². The van der Waals surface area contributed by atoms with Crippen LogP contribution in [0.15, 0.2) is 35.7 Å². The van der Waals surface area contributed by atoms with Gasteiger partial charge in [0.05, 0.1) is 17.8 Å². The molecule has 1 heterocycles. The van der Waals surface area contributed by atoms with Gasteiger partial charge in [-0.15, -0.1) is 11.3 Å². The van der Waals surface area contributed by atoms with E-state index in [4.69, 9.17) is 5.73 Å². The fraction of sp³-hybridized carbons (Fsp3) is 0.312. The van der Waals surface area contributed by atoms with Crippen molar-refractivity contribution in [3.63, 3.8) is 0 Å². The number of carbonyl (C=O) groups excluding carboxylic acids is 1. The third-order valence-electron chi connectivity index (χ3n) is 3.25. The van der Waals surface area contributed by atoms with Crippen molar-refractivity contribution >= 4 is 28.6 Å². The van der Waals surface area contributed by atoms with Crippen LogP contribution < -0.4 is 16.0 Å². The Labute approximate surface area is 129 Å². The average molecular weight is 303 g/mol. The van der Waals surface area contributed by atoms with Gasteiger partial charge in [0.15, 0.2) is 0 Å². The van der Waals surface area contributed by atoms with E-state index in [1.807, 2.05) is 19.1 Å². The van der Waals surface area contributed by atoms with Crippen LogP contribution in [0.1, 0.15) is 29.1 Å². The highest BCUT2D eigenvalue weighted by molar-refractivity contribution is 7.09. The van der Waals surface area contributed by atoms with Crippen molar-refractivity contribution in [2.45, 2.75) is 20.4 Å². The van der Waals surface area contributed by atoms with Crippen molar-refractivity contribution in [1.82, 2.24) is 5.32 Å². The molecule has 5 heteroatoms. The summed E-state index contributed by atoms with van der Waals surface area (Å²) in [6.07, 6.45) is 0. The van der Waals surface area contributed by atoms with Crippen molar-refractivity contribution < 1.29 is 4.79 Å². The molecule has 4 nitrogen and oxygen atoms in total. The highest BCUT2D eigenvalue weighted by Gasteiger charge is 2.16. The van der Waals surface area contributed by atoms with Crippen molar-refractivity contribution in [2.75, 3.05) is 23.7 Å². The topological polar surface area (TPSA) is 58.4 Å². The van der Waals surface area contributed by atoms with Gasteiger partial charge in [0.25, 0.3) is 5.91 Å². The second kappa shape index (κ2) is 7.13. The lowest BCUT2D eigenvalue weighted by molar-refractivity contribution is 0.0956. The standard InChI is InChI=1S/C16H21N3OS/c1-3-18-16(20)14-8-7-12(17)10-15(14)19(4-2)11-13-6-5-9-21-13/h5-10H,3-4,11,17H2,1-2H3,(H,18,20). The summed E-state index contributed by atoms with van der Waals surface area (Å²) in [6, 6.07) is 9.59. The van der Waals surface area contributed by atoms with Gasteiger partial charge in [-0.05, 0) is 43.5 Å². The Morgan fingerprint density at radius 2 is 2.14 bits per heavy atom. The fourth-order valence-corrected chi connectivity index (χ4v) is 2.94. The summed E-state index contributed by atoms with van der Waals surface area (Å²) in [7, 11) is 0. The summed E-state index contributed by atoms with van der Waals surface area (Å²) in [5.41, 5.74) is 8.14. The first kappa shape index (κ1) is 15.4. The number of nitrogen functional groups attached to an aromatic ring is 1. The number of nitrogens with zero attached hydrogens (tertiary/aromatic N) is 1. The Bertz CT molecular complexity index is 596. The van der Waals surface area contributed by atoms with Crippen LogP contribution in [0.5, 0.6) is 0 Å². The Morgan fingerprint density at radius 3 is 2.76 bits per heavy atom. The van der Waals surface area contributed by atoms with Gasteiger partial charge in [-0.25, -0.2) is 0 Å². The molecule has 1 aromatic carbocycles. The van der Waals surface area contributed by atoms with Crippen molar-refractivity contribution in [3.05, 3.63) is 46.2 Å². The maximum absolute atomic E-state index is 12.2. The third kappa shape index (κ3) is 3.76. The summed E-state index contributed by atoms with van der Waals surface area (Å²) in [5.74, 6) is -0.0582. The summed E-state index contributed by atoms with van der Waals surface area (Å²) >= 11 is 1.72. The molecule has 0 spiro atoms. The molecule has 0 unspecified atom stereocenters. The van der Waals surface area contributed by atoms with Crippen molar-refractivity contribution in [2.24, 2.45) is 0 Å². The summed E-state index contributed by atoms with van der Waals surface area (Å²) in [4.78, 5) is 15.7. The molecule has 1 aromatic heterocycles. The van der Waals surface area contributed by atoms with E-state index in [1.165, 1.54) is 4.88 Å². The van der Waals surface area contributed by atoms with Gasteiger partial charge in [-0.3, -0.25) is 4.79 Å². The van der Waals surface area contributed by atoms with Gasteiger partial charge in [0, 0.05) is 23.7 Å². The van der Waals surface area contributed by atoms with E-state index in [2.05, 4.69) is 28.6 Å². The SMILES string of the molecule is CCNC(=O)c1ccc(N)cc1N(CC)Cc1cccs1. The van der Waals surface area contributed by atoms with E-state index in [1.54, 1.807) is 23.5 Å². The van der Waals surface area contributed by atoms with E-state index < -0.39 is 0 Å². The van der Waals surface area contributed by atoms with Crippen LogP contribution in [0.3, 0.4) is 0 Å². The molecule has 3 N–H and O–H groups in total. The number of nitrogens with one attached hydrogen (secondary N) is 1. The quantitative estimate of drug-likeness (QED) is 0.806. The Balaban J connectivity index is 2.34. The minimum atomic E-state index is -0.0582. The zero-order valence-corrected chi connectivity index (χ0v) is 13.2. The lowest BCUT2D eigenvalue weighted by atomic mass is 10.1. The van der Waals surface area contributed by atoms with Gasteiger partial charge >= 0.3 is 0 Å². The van der Waals surface area contributed by atoms with Crippen LogP contribution in [0.25, 0.3) is 0 Å². The lowest BCUT2D eigenvalue weighted by Crippen LogP contribution is -2.28. The number of rotatable bonds is 6. The number of hydrogen-bond acceptors (Lipinski definition) is 4. The fourth-order valence-electron chi connectivity index (χ4n) is 2.22. The average Bonchev–Trinajstić information content (AvgIpc) is 2.97. The molecule has 0 saturated carbocycles. The maximum Gasteiger partial charge on any atom is 0.253 e. The predicted octanol–water partition coefficient (Wildman–Crippen LogP) is 3.11. The van der Waals surface area contributed by atoms with Crippen LogP contribution in [0, 0.1) is 0 Å². The second-order valence-corrected chi connectivity index (χ2v) is 5.76. The molecule has 0 aliphatic carbocycles. The number of carbonyl (C=O) groups is 1. The molecular formula is C16H21N3OS. The molecule has 0 saturated heterocycles. The molecule has 0 aliphatic heterocycles. The minimum Gasteiger partial charge on any atom is -0.399 e. The molecule has 0 radical (unpaired) electrons. The van der Waals surface area contributed by atoms with Crippen LogP contribution >= 0.6 is 11.3 Å². The zero-order valence-electron chi connectivity index (χ0n) is 12.4. The van der Waals surface area contributed by atoms with E-state index >= 15 is 0 Å². The smallest absolute Gasteiger partial charge is 0.253 e. The molecule has 0 fully saturated rings. The van der Waals surface area contributed by atoms with Crippen LogP contribution in [0.4, 0.5) is 11.4 Å². The molecule has 1 amide bonds. The molecule has 0 bridgehead atoms. The van der Waals surface area contributed by atoms with E-state index in [-0.39, 0.29) is 5.91 Å². The normalized spacial score (nSPS) is 10.4. The summed E-state index contributed by atoms with van der Waals surface area (Å²) in [5, 5.41) is 4.92. The number of benzene rings is 1. The monoisotopic (exact) mass is 303 g/mol. The molecule has 21 heavy (non-hydrogen) atoms. The summed E-state index contributed by atoms with van der Waals surface area (Å²) in [6.45, 7) is 6.20. The molecular weight excluding hydrogens is 282 g/mol. The number of amides is 1. The van der Waals surface area contributed by atoms with Gasteiger partial charge in [-0.2, -0.15) is 0 Å². The van der Waals surface area contributed by atoms with Crippen molar-refractivity contribution in [3.8, 4) is 0 Å².